The van der Waals surface area contributed by atoms with Gasteiger partial charge in [0.05, 0.1) is 11.8 Å². The topological polar surface area (TPSA) is 46.3 Å². The summed E-state index contributed by atoms with van der Waals surface area (Å²) in [5, 5.41) is 0. The smallest absolute Gasteiger partial charge is 0.227 e. The standard InChI is InChI=1S/C21H17F3N2O2/c22-14-5-6-16(17(24)10-14)19-12-25-20(28-19)7-8-21(27)26-9-1-2-13-3-4-15(23)11-18(13)26/h3-6,10-12H,1-2,7-9H2. The van der Waals surface area contributed by atoms with Crippen LogP contribution in [0.3, 0.4) is 0 Å². The number of rotatable bonds is 4. The van der Waals surface area contributed by atoms with E-state index in [2.05, 4.69) is 4.98 Å². The molecule has 0 spiro atoms. The normalized spacial score (nSPS) is 13.5. The van der Waals surface area contributed by atoms with E-state index in [0.717, 1.165) is 30.5 Å². The van der Waals surface area contributed by atoms with Crippen LogP contribution < -0.4 is 4.90 Å². The van der Waals surface area contributed by atoms with Crippen LogP contribution in [0, 0.1) is 17.5 Å². The zero-order valence-corrected chi connectivity index (χ0v) is 14.9. The van der Waals surface area contributed by atoms with Crippen molar-refractivity contribution in [2.24, 2.45) is 0 Å². The molecule has 0 saturated carbocycles. The number of aromatic nitrogens is 1. The van der Waals surface area contributed by atoms with E-state index in [1.54, 1.807) is 11.0 Å². The lowest BCUT2D eigenvalue weighted by Crippen LogP contribution is -2.35. The Morgan fingerprint density at radius 3 is 2.71 bits per heavy atom. The first-order valence-electron chi connectivity index (χ1n) is 9.00. The second-order valence-corrected chi connectivity index (χ2v) is 6.66. The molecule has 28 heavy (non-hydrogen) atoms. The quantitative estimate of drug-likeness (QED) is 0.655. The van der Waals surface area contributed by atoms with Gasteiger partial charge < -0.3 is 9.32 Å². The van der Waals surface area contributed by atoms with Crippen molar-refractivity contribution in [1.82, 2.24) is 4.98 Å². The Labute approximate surface area is 159 Å². The van der Waals surface area contributed by atoms with Gasteiger partial charge in [0, 0.05) is 31.1 Å². The molecule has 1 aromatic heterocycles. The van der Waals surface area contributed by atoms with Crippen molar-refractivity contribution >= 4 is 11.6 Å². The minimum absolute atomic E-state index is 0.104. The minimum Gasteiger partial charge on any atom is -0.441 e. The van der Waals surface area contributed by atoms with E-state index < -0.39 is 11.6 Å². The molecular weight excluding hydrogens is 369 g/mol. The van der Waals surface area contributed by atoms with Gasteiger partial charge in [-0.25, -0.2) is 18.2 Å². The van der Waals surface area contributed by atoms with E-state index in [9.17, 15) is 18.0 Å². The fourth-order valence-corrected chi connectivity index (χ4v) is 3.40. The largest absolute Gasteiger partial charge is 0.441 e. The van der Waals surface area contributed by atoms with Crippen LogP contribution in [0.15, 0.2) is 47.0 Å². The van der Waals surface area contributed by atoms with Crippen LogP contribution in [-0.2, 0) is 17.6 Å². The Balaban J connectivity index is 1.45. The van der Waals surface area contributed by atoms with E-state index >= 15 is 0 Å². The predicted octanol–water partition coefficient (Wildman–Crippen LogP) is 4.67. The maximum absolute atomic E-state index is 13.9. The van der Waals surface area contributed by atoms with Crippen LogP contribution in [0.5, 0.6) is 0 Å². The number of hydrogen-bond acceptors (Lipinski definition) is 3. The first kappa shape index (κ1) is 18.3. The van der Waals surface area contributed by atoms with E-state index in [0.29, 0.717) is 12.2 Å². The molecular formula is C21H17F3N2O2. The Morgan fingerprint density at radius 1 is 1.11 bits per heavy atom. The number of carbonyl (C=O) groups is 1. The van der Waals surface area contributed by atoms with Crippen molar-refractivity contribution in [3.8, 4) is 11.3 Å². The lowest BCUT2D eigenvalue weighted by Gasteiger charge is -2.29. The molecule has 0 N–H and O–H groups in total. The summed E-state index contributed by atoms with van der Waals surface area (Å²) in [4.78, 5) is 18.3. The highest BCUT2D eigenvalue weighted by molar-refractivity contribution is 5.94. The molecule has 1 aliphatic rings. The number of benzene rings is 2. The molecule has 1 amide bonds. The van der Waals surface area contributed by atoms with Gasteiger partial charge in [-0.3, -0.25) is 4.79 Å². The summed E-state index contributed by atoms with van der Waals surface area (Å²) in [5.74, 6) is -1.50. The molecule has 2 heterocycles. The summed E-state index contributed by atoms with van der Waals surface area (Å²) >= 11 is 0. The first-order valence-corrected chi connectivity index (χ1v) is 9.00. The minimum atomic E-state index is -0.745. The maximum atomic E-state index is 13.9. The van der Waals surface area contributed by atoms with Crippen molar-refractivity contribution in [3.05, 3.63) is 71.5 Å². The van der Waals surface area contributed by atoms with Gasteiger partial charge in [0.2, 0.25) is 5.91 Å². The number of oxazole rings is 1. The Hall–Kier alpha value is -3.09. The van der Waals surface area contributed by atoms with Gasteiger partial charge in [-0.2, -0.15) is 0 Å². The number of halogens is 3. The molecule has 0 saturated heterocycles. The summed E-state index contributed by atoms with van der Waals surface area (Å²) in [7, 11) is 0. The van der Waals surface area contributed by atoms with Gasteiger partial charge in [-0.15, -0.1) is 0 Å². The molecule has 0 radical (unpaired) electrons. The van der Waals surface area contributed by atoms with Crippen molar-refractivity contribution in [1.29, 1.82) is 0 Å². The van der Waals surface area contributed by atoms with Gasteiger partial charge in [0.25, 0.3) is 0 Å². The number of anilines is 1. The number of amides is 1. The molecule has 3 aromatic rings. The fourth-order valence-electron chi connectivity index (χ4n) is 3.40. The molecule has 0 atom stereocenters. The third kappa shape index (κ3) is 3.65. The van der Waals surface area contributed by atoms with Gasteiger partial charge >= 0.3 is 0 Å². The summed E-state index contributed by atoms with van der Waals surface area (Å²) in [6.45, 7) is 0.535. The van der Waals surface area contributed by atoms with Crippen molar-refractivity contribution in [3.63, 3.8) is 0 Å². The SMILES string of the molecule is O=C(CCc1ncc(-c2ccc(F)cc2F)o1)N1CCCc2ccc(F)cc21. The van der Waals surface area contributed by atoms with Gasteiger partial charge in [-0.1, -0.05) is 6.07 Å². The molecule has 4 rings (SSSR count). The zero-order valence-electron chi connectivity index (χ0n) is 14.9. The third-order valence-corrected chi connectivity index (χ3v) is 4.77. The van der Waals surface area contributed by atoms with E-state index in [1.165, 1.54) is 24.4 Å². The fraction of sp³-hybridized carbons (Fsp3) is 0.238. The van der Waals surface area contributed by atoms with Crippen molar-refractivity contribution in [2.45, 2.75) is 25.7 Å². The molecule has 7 heteroatoms. The van der Waals surface area contributed by atoms with E-state index in [4.69, 9.17) is 4.42 Å². The second-order valence-electron chi connectivity index (χ2n) is 6.66. The molecule has 0 unspecified atom stereocenters. The van der Waals surface area contributed by atoms with E-state index in [-0.39, 0.29) is 41.8 Å². The van der Waals surface area contributed by atoms with E-state index in [1.807, 2.05) is 0 Å². The molecule has 1 aliphatic heterocycles. The van der Waals surface area contributed by atoms with Crippen LogP contribution in [0.2, 0.25) is 0 Å². The molecule has 4 nitrogen and oxygen atoms in total. The highest BCUT2D eigenvalue weighted by atomic mass is 19.1. The molecule has 0 fully saturated rings. The van der Waals surface area contributed by atoms with Gasteiger partial charge in [-0.05, 0) is 42.7 Å². The predicted molar refractivity (Wildman–Crippen MR) is 97.3 cm³/mol. The number of hydrogen-bond donors (Lipinski definition) is 0. The average Bonchev–Trinajstić information content (AvgIpc) is 3.14. The van der Waals surface area contributed by atoms with Gasteiger partial charge in [0.15, 0.2) is 11.7 Å². The summed E-state index contributed by atoms with van der Waals surface area (Å²) in [6, 6.07) is 7.68. The van der Waals surface area contributed by atoms with Crippen molar-refractivity contribution in [2.75, 3.05) is 11.4 Å². The zero-order chi connectivity index (χ0) is 19.7. The summed E-state index contributed by atoms with van der Waals surface area (Å²) < 4.78 is 46.0. The van der Waals surface area contributed by atoms with Crippen molar-refractivity contribution < 1.29 is 22.4 Å². The monoisotopic (exact) mass is 386 g/mol. The number of nitrogens with zero attached hydrogens (tertiary/aromatic N) is 2. The van der Waals surface area contributed by atoms with Crippen LogP contribution in [0.25, 0.3) is 11.3 Å². The highest BCUT2D eigenvalue weighted by Crippen LogP contribution is 2.29. The van der Waals surface area contributed by atoms with Gasteiger partial charge in [0.1, 0.15) is 17.5 Å². The third-order valence-electron chi connectivity index (χ3n) is 4.77. The maximum Gasteiger partial charge on any atom is 0.227 e. The van der Waals surface area contributed by atoms with Crippen LogP contribution in [0.4, 0.5) is 18.9 Å². The van der Waals surface area contributed by atoms with Crippen LogP contribution in [-0.4, -0.2) is 17.4 Å². The highest BCUT2D eigenvalue weighted by Gasteiger charge is 2.23. The molecule has 0 aliphatic carbocycles. The Kier molecular flexibility index (Phi) is 4.90. The Morgan fingerprint density at radius 2 is 1.89 bits per heavy atom. The molecule has 144 valence electrons. The lowest BCUT2D eigenvalue weighted by atomic mass is 10.0. The lowest BCUT2D eigenvalue weighted by molar-refractivity contribution is -0.118. The number of aryl methyl sites for hydroxylation is 2. The summed E-state index contributed by atoms with van der Waals surface area (Å²) in [6.07, 6.45) is 3.33. The Bertz CT molecular complexity index is 1030. The molecule has 0 bridgehead atoms. The summed E-state index contributed by atoms with van der Waals surface area (Å²) in [5.41, 5.74) is 1.66. The average molecular weight is 386 g/mol. The van der Waals surface area contributed by atoms with Crippen LogP contribution >= 0.6 is 0 Å². The number of fused-ring (bicyclic) bond motifs is 1. The first-order chi connectivity index (χ1) is 13.5. The van der Waals surface area contributed by atoms with Crippen LogP contribution in [0.1, 0.15) is 24.3 Å². The number of carbonyl (C=O) groups excluding carboxylic acids is 1. The second kappa shape index (κ2) is 7.50. The molecule has 2 aromatic carbocycles.